The largest absolute Gasteiger partial charge is 0.344 e. The Hall–Kier alpha value is -3.32. The lowest BCUT2D eigenvalue weighted by molar-refractivity contribution is -0.131. The molecule has 1 aliphatic rings. The first-order valence-corrected chi connectivity index (χ1v) is 12.8. The summed E-state index contributed by atoms with van der Waals surface area (Å²) in [7, 11) is 0. The van der Waals surface area contributed by atoms with Crippen molar-refractivity contribution in [2.75, 3.05) is 19.6 Å². The highest BCUT2D eigenvalue weighted by atomic mass is 32.1. The maximum absolute atomic E-state index is 12.6. The second-order valence-corrected chi connectivity index (χ2v) is 9.83. The fourth-order valence-corrected chi connectivity index (χ4v) is 4.02. The van der Waals surface area contributed by atoms with E-state index in [2.05, 4.69) is 52.1 Å². The van der Waals surface area contributed by atoms with Gasteiger partial charge in [0.2, 0.25) is 5.91 Å². The average molecular weight is 498 g/mol. The standard InChI is InChI=1S/C19H19N7O2S.C4H10.C2H6/c1-11-21-9-15(29-11)14-8-23-18-17(25-14)13(7-22-18)19(28)24-10-16(27)26-4-2-12(6-20)3-5-26;1-4(2)3;1-2/h7-9,12H,2-5,10H2,1H3,(H,22,23)(H,24,28);4H,1-3H3;1-2H3. The van der Waals surface area contributed by atoms with E-state index >= 15 is 0 Å². The number of nitriles is 1. The van der Waals surface area contributed by atoms with Gasteiger partial charge in [0.05, 0.1) is 34.3 Å². The third-order valence-electron chi connectivity index (χ3n) is 4.93. The summed E-state index contributed by atoms with van der Waals surface area (Å²) in [4.78, 5) is 43.6. The van der Waals surface area contributed by atoms with Crippen LogP contribution >= 0.6 is 11.3 Å². The molecular weight excluding hydrogens is 462 g/mol. The number of carbonyl (C=O) groups is 2. The van der Waals surface area contributed by atoms with Crippen molar-refractivity contribution in [3.05, 3.63) is 29.2 Å². The second kappa shape index (κ2) is 13.5. The molecule has 1 saturated heterocycles. The number of aromatic nitrogens is 4. The van der Waals surface area contributed by atoms with Crippen LogP contribution in [0.15, 0.2) is 18.6 Å². The van der Waals surface area contributed by atoms with E-state index in [-0.39, 0.29) is 24.3 Å². The number of piperidine rings is 1. The molecule has 9 nitrogen and oxygen atoms in total. The molecule has 0 radical (unpaired) electrons. The molecule has 2 N–H and O–H groups in total. The zero-order valence-corrected chi connectivity index (χ0v) is 22.2. The molecule has 2 amide bonds. The minimum Gasteiger partial charge on any atom is -0.344 e. The predicted molar refractivity (Wildman–Crippen MR) is 139 cm³/mol. The van der Waals surface area contributed by atoms with E-state index in [1.165, 1.54) is 11.3 Å². The zero-order chi connectivity index (χ0) is 26.0. The maximum Gasteiger partial charge on any atom is 0.255 e. The summed E-state index contributed by atoms with van der Waals surface area (Å²) in [6.45, 7) is 13.4. The molecule has 0 saturated carbocycles. The first kappa shape index (κ1) is 27.9. The molecule has 1 fully saturated rings. The lowest BCUT2D eigenvalue weighted by atomic mass is 9.99. The lowest BCUT2D eigenvalue weighted by Gasteiger charge is -2.29. The van der Waals surface area contributed by atoms with Crippen molar-refractivity contribution in [3.8, 4) is 16.6 Å². The van der Waals surface area contributed by atoms with Crippen molar-refractivity contribution in [1.29, 1.82) is 5.26 Å². The monoisotopic (exact) mass is 497 g/mol. The van der Waals surface area contributed by atoms with Gasteiger partial charge in [-0.05, 0) is 25.7 Å². The number of likely N-dealkylation sites (tertiary alicyclic amines) is 1. The number of nitrogens with one attached hydrogen (secondary N) is 2. The van der Waals surface area contributed by atoms with Crippen molar-refractivity contribution in [2.45, 2.75) is 54.4 Å². The number of carbonyl (C=O) groups excluding carboxylic acids is 2. The van der Waals surface area contributed by atoms with Crippen molar-refractivity contribution < 1.29 is 9.59 Å². The lowest BCUT2D eigenvalue weighted by Crippen LogP contribution is -2.44. The number of hydrogen-bond donors (Lipinski definition) is 2. The van der Waals surface area contributed by atoms with Gasteiger partial charge in [0.15, 0.2) is 5.65 Å². The topological polar surface area (TPSA) is 128 Å². The van der Waals surface area contributed by atoms with E-state index < -0.39 is 0 Å². The zero-order valence-electron chi connectivity index (χ0n) is 21.4. The number of nitrogens with zero attached hydrogens (tertiary/aromatic N) is 5. The highest BCUT2D eigenvalue weighted by molar-refractivity contribution is 7.15. The van der Waals surface area contributed by atoms with Gasteiger partial charge in [-0.1, -0.05) is 34.6 Å². The summed E-state index contributed by atoms with van der Waals surface area (Å²) in [5.74, 6) is 0.305. The molecule has 0 spiro atoms. The highest BCUT2D eigenvalue weighted by Crippen LogP contribution is 2.25. The number of aromatic amines is 1. The van der Waals surface area contributed by atoms with Crippen LogP contribution in [0.1, 0.15) is 62.8 Å². The van der Waals surface area contributed by atoms with Gasteiger partial charge < -0.3 is 15.2 Å². The normalized spacial score (nSPS) is 13.4. The van der Waals surface area contributed by atoms with Gasteiger partial charge in [-0.3, -0.25) is 9.59 Å². The van der Waals surface area contributed by atoms with Gasteiger partial charge in [-0.25, -0.2) is 15.0 Å². The summed E-state index contributed by atoms with van der Waals surface area (Å²) in [6.07, 6.45) is 6.27. The van der Waals surface area contributed by atoms with E-state index in [1.807, 2.05) is 20.8 Å². The molecule has 0 atom stereocenters. The average Bonchev–Trinajstić information content (AvgIpc) is 3.49. The van der Waals surface area contributed by atoms with Crippen molar-refractivity contribution in [3.63, 3.8) is 0 Å². The Morgan fingerprint density at radius 2 is 1.89 bits per heavy atom. The maximum atomic E-state index is 12.6. The third kappa shape index (κ3) is 7.86. The van der Waals surface area contributed by atoms with Crippen molar-refractivity contribution in [2.24, 2.45) is 11.8 Å². The Bertz CT molecular complexity index is 1150. The predicted octanol–water partition coefficient (Wildman–Crippen LogP) is 4.57. The second-order valence-electron chi connectivity index (χ2n) is 8.60. The number of thiazole rings is 1. The van der Waals surface area contributed by atoms with E-state index in [1.54, 1.807) is 23.5 Å². The van der Waals surface area contributed by atoms with Gasteiger partial charge in [0, 0.05) is 31.4 Å². The molecule has 10 heteroatoms. The Morgan fingerprint density at radius 3 is 2.46 bits per heavy atom. The van der Waals surface area contributed by atoms with E-state index in [0.29, 0.717) is 48.4 Å². The van der Waals surface area contributed by atoms with Gasteiger partial charge in [-0.2, -0.15) is 5.26 Å². The first-order valence-electron chi connectivity index (χ1n) is 12.0. The summed E-state index contributed by atoms with van der Waals surface area (Å²) in [5.41, 5.74) is 1.94. The van der Waals surface area contributed by atoms with E-state index in [9.17, 15) is 9.59 Å². The molecule has 0 aromatic carbocycles. The van der Waals surface area contributed by atoms with Crippen LogP contribution in [0, 0.1) is 30.1 Å². The summed E-state index contributed by atoms with van der Waals surface area (Å²) >= 11 is 1.50. The Kier molecular flexibility index (Phi) is 10.8. The molecule has 188 valence electrons. The fourth-order valence-electron chi connectivity index (χ4n) is 3.28. The Balaban J connectivity index is 0.000000655. The van der Waals surface area contributed by atoms with Gasteiger partial charge in [0.1, 0.15) is 11.2 Å². The number of H-pyrrole nitrogens is 1. The van der Waals surface area contributed by atoms with Crippen molar-refractivity contribution in [1.82, 2.24) is 30.2 Å². The number of aryl methyl sites for hydroxylation is 1. The van der Waals surface area contributed by atoms with Crippen LogP contribution in [0.5, 0.6) is 0 Å². The number of rotatable bonds is 4. The number of fused-ring (bicyclic) bond motifs is 1. The molecular formula is C25H35N7O2S. The van der Waals surface area contributed by atoms with Crippen LogP contribution in [-0.2, 0) is 4.79 Å². The van der Waals surface area contributed by atoms with Crippen molar-refractivity contribution >= 4 is 34.3 Å². The van der Waals surface area contributed by atoms with Crippen LogP contribution < -0.4 is 5.32 Å². The van der Waals surface area contributed by atoms with Gasteiger partial charge in [-0.15, -0.1) is 11.3 Å². The Morgan fingerprint density at radius 1 is 1.23 bits per heavy atom. The smallest absolute Gasteiger partial charge is 0.255 e. The molecule has 1 aliphatic heterocycles. The minimum absolute atomic E-state index is 0.00923. The quantitative estimate of drug-likeness (QED) is 0.543. The van der Waals surface area contributed by atoms with E-state index in [4.69, 9.17) is 5.26 Å². The molecule has 0 aliphatic carbocycles. The molecule has 0 bridgehead atoms. The summed E-state index contributed by atoms with van der Waals surface area (Å²) in [5, 5.41) is 12.5. The SMILES string of the molecule is CC.CC(C)C.Cc1ncc(-c2cnc3[nH]cc(C(=O)NCC(=O)N4CCC(C#N)CC4)c3n2)s1. The summed E-state index contributed by atoms with van der Waals surface area (Å²) < 4.78 is 0. The van der Waals surface area contributed by atoms with Gasteiger partial charge >= 0.3 is 0 Å². The van der Waals surface area contributed by atoms with Gasteiger partial charge in [0.25, 0.3) is 5.91 Å². The van der Waals surface area contributed by atoms with Crippen LogP contribution in [0.3, 0.4) is 0 Å². The van der Waals surface area contributed by atoms with Crippen LogP contribution in [-0.4, -0.2) is 56.3 Å². The molecule has 3 aromatic heterocycles. The number of hydrogen-bond acceptors (Lipinski definition) is 7. The summed E-state index contributed by atoms with van der Waals surface area (Å²) in [6, 6.07) is 2.24. The van der Waals surface area contributed by atoms with Crippen LogP contribution in [0.2, 0.25) is 0 Å². The molecule has 3 aromatic rings. The molecule has 4 rings (SSSR count). The van der Waals surface area contributed by atoms with Crippen LogP contribution in [0.4, 0.5) is 0 Å². The number of amides is 2. The molecule has 0 unspecified atom stereocenters. The third-order valence-corrected chi connectivity index (χ3v) is 5.86. The molecule has 35 heavy (non-hydrogen) atoms. The fraction of sp³-hybridized carbons (Fsp3) is 0.520. The minimum atomic E-state index is -0.386. The van der Waals surface area contributed by atoms with E-state index in [0.717, 1.165) is 15.8 Å². The first-order chi connectivity index (χ1) is 16.8. The Labute approximate surface area is 211 Å². The van der Waals surface area contributed by atoms with Crippen LogP contribution in [0.25, 0.3) is 21.7 Å². The highest BCUT2D eigenvalue weighted by Gasteiger charge is 2.23. The molecule has 4 heterocycles.